The second-order valence-electron chi connectivity index (χ2n) is 4.42. The lowest BCUT2D eigenvalue weighted by molar-refractivity contribution is 0.171. The zero-order valence-corrected chi connectivity index (χ0v) is 10.4. The molecule has 0 radical (unpaired) electrons. The van der Waals surface area contributed by atoms with Crippen LogP contribution in [0.2, 0.25) is 0 Å². The number of ether oxygens (including phenoxy) is 1. The van der Waals surface area contributed by atoms with Crippen molar-refractivity contribution in [2.75, 3.05) is 13.7 Å². The molecule has 0 saturated heterocycles. The van der Waals surface area contributed by atoms with E-state index in [1.807, 2.05) is 0 Å². The molecule has 0 aliphatic rings. The van der Waals surface area contributed by atoms with Gasteiger partial charge in [0.05, 0.1) is 6.61 Å². The first-order valence-corrected chi connectivity index (χ1v) is 5.99. The van der Waals surface area contributed by atoms with E-state index in [0.29, 0.717) is 6.04 Å². The standard InChI is InChI=1S/C15H19NO/c1-12(11-17-2)16-10-13-7-8-14-5-3-4-6-15(14)9-13/h3-9,12,16H,10-11H2,1-2H3. The average molecular weight is 229 g/mol. The largest absolute Gasteiger partial charge is 0.383 e. The summed E-state index contributed by atoms with van der Waals surface area (Å²) in [5.41, 5.74) is 1.31. The molecule has 0 spiro atoms. The van der Waals surface area contributed by atoms with Crippen molar-refractivity contribution in [3.8, 4) is 0 Å². The highest BCUT2D eigenvalue weighted by molar-refractivity contribution is 5.82. The van der Waals surface area contributed by atoms with Gasteiger partial charge in [0.15, 0.2) is 0 Å². The minimum Gasteiger partial charge on any atom is -0.383 e. The number of methoxy groups -OCH3 is 1. The maximum absolute atomic E-state index is 5.10. The van der Waals surface area contributed by atoms with E-state index in [2.05, 4.69) is 54.7 Å². The van der Waals surface area contributed by atoms with E-state index in [-0.39, 0.29) is 0 Å². The van der Waals surface area contributed by atoms with E-state index in [9.17, 15) is 0 Å². The molecule has 0 fully saturated rings. The van der Waals surface area contributed by atoms with Gasteiger partial charge in [-0.2, -0.15) is 0 Å². The van der Waals surface area contributed by atoms with Crippen molar-refractivity contribution in [2.45, 2.75) is 19.5 Å². The van der Waals surface area contributed by atoms with Gasteiger partial charge in [-0.3, -0.25) is 0 Å². The van der Waals surface area contributed by atoms with Gasteiger partial charge in [0.25, 0.3) is 0 Å². The van der Waals surface area contributed by atoms with E-state index in [0.717, 1.165) is 13.2 Å². The van der Waals surface area contributed by atoms with Gasteiger partial charge in [-0.15, -0.1) is 0 Å². The molecule has 0 saturated carbocycles. The highest BCUT2D eigenvalue weighted by Gasteiger charge is 2.01. The zero-order valence-electron chi connectivity index (χ0n) is 10.4. The lowest BCUT2D eigenvalue weighted by Crippen LogP contribution is -2.29. The molecule has 2 rings (SSSR count). The molecular weight excluding hydrogens is 210 g/mol. The molecule has 0 aliphatic carbocycles. The molecule has 2 aromatic rings. The number of fused-ring (bicyclic) bond motifs is 1. The minimum absolute atomic E-state index is 0.381. The van der Waals surface area contributed by atoms with Crippen LogP contribution < -0.4 is 5.32 Å². The van der Waals surface area contributed by atoms with E-state index < -0.39 is 0 Å². The summed E-state index contributed by atoms with van der Waals surface area (Å²) >= 11 is 0. The molecule has 2 nitrogen and oxygen atoms in total. The summed E-state index contributed by atoms with van der Waals surface area (Å²) < 4.78 is 5.10. The molecule has 0 bridgehead atoms. The quantitative estimate of drug-likeness (QED) is 0.851. The molecule has 17 heavy (non-hydrogen) atoms. The van der Waals surface area contributed by atoms with Gasteiger partial charge in [0.2, 0.25) is 0 Å². The van der Waals surface area contributed by atoms with Gasteiger partial charge in [-0.1, -0.05) is 36.4 Å². The molecule has 0 aromatic heterocycles. The van der Waals surface area contributed by atoms with Crippen LogP contribution in [-0.4, -0.2) is 19.8 Å². The molecule has 0 heterocycles. The molecule has 1 atom stereocenters. The lowest BCUT2D eigenvalue weighted by Gasteiger charge is -2.12. The van der Waals surface area contributed by atoms with Crippen LogP contribution in [0.5, 0.6) is 0 Å². The van der Waals surface area contributed by atoms with Crippen molar-refractivity contribution in [3.05, 3.63) is 48.0 Å². The van der Waals surface area contributed by atoms with Gasteiger partial charge >= 0.3 is 0 Å². The van der Waals surface area contributed by atoms with E-state index in [1.54, 1.807) is 7.11 Å². The second kappa shape index (κ2) is 5.80. The van der Waals surface area contributed by atoms with E-state index >= 15 is 0 Å². The topological polar surface area (TPSA) is 21.3 Å². The van der Waals surface area contributed by atoms with Crippen molar-refractivity contribution >= 4 is 10.8 Å². The van der Waals surface area contributed by atoms with Gasteiger partial charge in [-0.25, -0.2) is 0 Å². The number of hydrogen-bond acceptors (Lipinski definition) is 2. The lowest BCUT2D eigenvalue weighted by atomic mass is 10.1. The first-order chi connectivity index (χ1) is 8.29. The predicted octanol–water partition coefficient (Wildman–Crippen LogP) is 2.96. The molecule has 2 heteroatoms. The number of rotatable bonds is 5. The SMILES string of the molecule is COCC(C)NCc1ccc2ccccc2c1. The Hall–Kier alpha value is -1.38. The average Bonchev–Trinajstić information content (AvgIpc) is 2.36. The van der Waals surface area contributed by atoms with Gasteiger partial charge in [0.1, 0.15) is 0 Å². The molecule has 2 aromatic carbocycles. The molecular formula is C15H19NO. The first-order valence-electron chi connectivity index (χ1n) is 5.99. The van der Waals surface area contributed by atoms with Crippen molar-refractivity contribution in [1.82, 2.24) is 5.32 Å². The Bertz CT molecular complexity index is 481. The number of benzene rings is 2. The van der Waals surface area contributed by atoms with Crippen molar-refractivity contribution < 1.29 is 4.74 Å². The van der Waals surface area contributed by atoms with Crippen LogP contribution in [0.4, 0.5) is 0 Å². The molecule has 1 N–H and O–H groups in total. The van der Waals surface area contributed by atoms with Crippen LogP contribution in [0.3, 0.4) is 0 Å². The third kappa shape index (κ3) is 3.29. The summed E-state index contributed by atoms with van der Waals surface area (Å²) in [6.07, 6.45) is 0. The fraction of sp³-hybridized carbons (Fsp3) is 0.333. The molecule has 0 aliphatic heterocycles. The highest BCUT2D eigenvalue weighted by Crippen LogP contribution is 2.15. The third-order valence-corrected chi connectivity index (χ3v) is 2.89. The Labute approximate surface area is 103 Å². The summed E-state index contributed by atoms with van der Waals surface area (Å²) in [5.74, 6) is 0. The second-order valence-corrected chi connectivity index (χ2v) is 4.42. The highest BCUT2D eigenvalue weighted by atomic mass is 16.5. The fourth-order valence-corrected chi connectivity index (χ4v) is 1.95. The van der Waals surface area contributed by atoms with Crippen molar-refractivity contribution in [2.24, 2.45) is 0 Å². The summed E-state index contributed by atoms with van der Waals surface area (Å²) in [4.78, 5) is 0. The van der Waals surface area contributed by atoms with Gasteiger partial charge < -0.3 is 10.1 Å². The van der Waals surface area contributed by atoms with Gasteiger partial charge in [0, 0.05) is 19.7 Å². The normalized spacial score (nSPS) is 12.8. The number of hydrogen-bond donors (Lipinski definition) is 1. The predicted molar refractivity (Wildman–Crippen MR) is 72.1 cm³/mol. The monoisotopic (exact) mass is 229 g/mol. The van der Waals surface area contributed by atoms with Crippen LogP contribution in [0.1, 0.15) is 12.5 Å². The molecule has 0 amide bonds. The number of nitrogens with one attached hydrogen (secondary N) is 1. The fourth-order valence-electron chi connectivity index (χ4n) is 1.95. The summed E-state index contributed by atoms with van der Waals surface area (Å²) in [6.45, 7) is 3.76. The van der Waals surface area contributed by atoms with Crippen molar-refractivity contribution in [3.63, 3.8) is 0 Å². The van der Waals surface area contributed by atoms with Crippen LogP contribution in [0, 0.1) is 0 Å². The van der Waals surface area contributed by atoms with Crippen molar-refractivity contribution in [1.29, 1.82) is 0 Å². The van der Waals surface area contributed by atoms with Crippen LogP contribution in [-0.2, 0) is 11.3 Å². The van der Waals surface area contributed by atoms with E-state index in [4.69, 9.17) is 4.74 Å². The van der Waals surface area contributed by atoms with Gasteiger partial charge in [-0.05, 0) is 29.3 Å². The van der Waals surface area contributed by atoms with Crippen LogP contribution in [0.15, 0.2) is 42.5 Å². The molecule has 1 unspecified atom stereocenters. The first kappa shape index (κ1) is 12.1. The summed E-state index contributed by atoms with van der Waals surface area (Å²) in [6, 6.07) is 15.4. The Morgan fingerprint density at radius 1 is 1.12 bits per heavy atom. The van der Waals surface area contributed by atoms with Crippen LogP contribution in [0.25, 0.3) is 10.8 Å². The van der Waals surface area contributed by atoms with E-state index in [1.165, 1.54) is 16.3 Å². The smallest absolute Gasteiger partial charge is 0.0613 e. The maximum atomic E-state index is 5.10. The molecule has 90 valence electrons. The minimum atomic E-state index is 0.381. The third-order valence-electron chi connectivity index (χ3n) is 2.89. The zero-order chi connectivity index (χ0) is 12.1. The Morgan fingerprint density at radius 2 is 1.88 bits per heavy atom. The Balaban J connectivity index is 2.04. The van der Waals surface area contributed by atoms with Crippen LogP contribution >= 0.6 is 0 Å². The summed E-state index contributed by atoms with van der Waals surface area (Å²) in [5, 5.41) is 6.03. The Morgan fingerprint density at radius 3 is 2.65 bits per heavy atom. The maximum Gasteiger partial charge on any atom is 0.0613 e. The Kier molecular flexibility index (Phi) is 4.13. The summed E-state index contributed by atoms with van der Waals surface area (Å²) in [7, 11) is 1.73.